The molecule has 1 aliphatic rings. The van der Waals surface area contributed by atoms with Crippen molar-refractivity contribution >= 4 is 34.0 Å². The molecule has 0 bridgehead atoms. The Balaban J connectivity index is 2.19. The Kier molecular flexibility index (Phi) is 4.05. The van der Waals surface area contributed by atoms with Crippen LogP contribution in [0.15, 0.2) is 12.1 Å². The molecule has 0 spiro atoms. The molecule has 0 saturated carbocycles. The molecule has 1 saturated heterocycles. The van der Waals surface area contributed by atoms with Crippen molar-refractivity contribution in [1.29, 1.82) is 0 Å². The van der Waals surface area contributed by atoms with E-state index in [-0.39, 0.29) is 22.1 Å². The number of amides is 1. The van der Waals surface area contributed by atoms with Crippen LogP contribution in [0.5, 0.6) is 0 Å². The molecule has 1 aromatic rings. The third kappa shape index (κ3) is 2.71. The maximum atomic E-state index is 12.3. The number of hydrogen-bond acceptors (Lipinski definition) is 4. The highest BCUT2D eigenvalue weighted by Crippen LogP contribution is 2.23. The monoisotopic (exact) mass is 301 g/mol. The first-order valence-electron chi connectivity index (χ1n) is 5.93. The molecule has 19 heavy (non-hydrogen) atoms. The molecule has 2 rings (SSSR count). The van der Waals surface area contributed by atoms with Gasteiger partial charge in [-0.1, -0.05) is 0 Å². The maximum Gasteiger partial charge on any atom is 0.345 e. The van der Waals surface area contributed by atoms with Crippen LogP contribution in [0.3, 0.4) is 0 Å². The van der Waals surface area contributed by atoms with Gasteiger partial charge in [0.2, 0.25) is 0 Å². The zero-order valence-corrected chi connectivity index (χ0v) is 12.3. The zero-order valence-electron chi connectivity index (χ0n) is 10.7. The molecule has 0 aromatic carbocycles. The van der Waals surface area contributed by atoms with Gasteiger partial charge in [-0.05, 0) is 26.0 Å². The number of nitrogens with zero attached hydrogens (tertiary/aromatic N) is 1. The summed E-state index contributed by atoms with van der Waals surface area (Å²) in [4.78, 5) is 25.4. The number of rotatable bonds is 2. The summed E-state index contributed by atoms with van der Waals surface area (Å²) in [5.41, 5.74) is 0. The smallest absolute Gasteiger partial charge is 0.345 e. The van der Waals surface area contributed by atoms with E-state index < -0.39 is 16.8 Å². The minimum Gasteiger partial charge on any atom is -0.477 e. The zero-order chi connectivity index (χ0) is 14.2. The molecule has 2 heterocycles. The summed E-state index contributed by atoms with van der Waals surface area (Å²) in [6.45, 7) is 4.21. The maximum absolute atomic E-state index is 12.3. The number of carboxylic acid groups (broad SMARTS) is 1. The number of carbonyl (C=O) groups excluding carboxylic acids is 1. The second-order valence-corrected chi connectivity index (χ2v) is 7.50. The van der Waals surface area contributed by atoms with Crippen molar-refractivity contribution in [2.45, 2.75) is 25.1 Å². The molecule has 0 radical (unpaired) electrons. The Bertz CT molecular complexity index is 540. The van der Waals surface area contributed by atoms with E-state index >= 15 is 0 Å². The normalized spacial score (nSPS) is 27.3. The van der Waals surface area contributed by atoms with Crippen LogP contribution in [0.2, 0.25) is 0 Å². The Labute approximate surface area is 117 Å². The van der Waals surface area contributed by atoms with E-state index in [1.807, 2.05) is 13.8 Å². The van der Waals surface area contributed by atoms with Crippen molar-refractivity contribution in [2.24, 2.45) is 0 Å². The van der Waals surface area contributed by atoms with Crippen molar-refractivity contribution in [3.63, 3.8) is 0 Å². The van der Waals surface area contributed by atoms with Crippen molar-refractivity contribution in [1.82, 2.24) is 4.90 Å². The van der Waals surface area contributed by atoms with Gasteiger partial charge < -0.3 is 10.0 Å². The van der Waals surface area contributed by atoms with E-state index in [1.165, 1.54) is 6.07 Å². The SMILES string of the molecule is CC1C(C)S(=O)CCN1C(=O)c1ccc(C(=O)O)s1. The molecule has 1 aromatic heterocycles. The molecule has 1 fully saturated rings. The summed E-state index contributed by atoms with van der Waals surface area (Å²) < 4.78 is 11.7. The minimum atomic E-state index is -1.02. The topological polar surface area (TPSA) is 74.7 Å². The van der Waals surface area contributed by atoms with Crippen LogP contribution in [0.1, 0.15) is 33.2 Å². The third-order valence-electron chi connectivity index (χ3n) is 3.41. The molecule has 1 aliphatic heterocycles. The molecule has 1 N–H and O–H groups in total. The number of carboxylic acids is 1. The highest BCUT2D eigenvalue weighted by Gasteiger charge is 2.33. The number of thiophene rings is 1. The van der Waals surface area contributed by atoms with Crippen molar-refractivity contribution in [3.05, 3.63) is 21.9 Å². The minimum absolute atomic E-state index is 0.0587. The van der Waals surface area contributed by atoms with Gasteiger partial charge in [0.15, 0.2) is 0 Å². The summed E-state index contributed by atoms with van der Waals surface area (Å²) in [6.07, 6.45) is 0. The molecular formula is C12H15NO4S2. The van der Waals surface area contributed by atoms with Crippen LogP contribution < -0.4 is 0 Å². The fourth-order valence-electron chi connectivity index (χ4n) is 2.05. The van der Waals surface area contributed by atoms with E-state index in [0.29, 0.717) is 17.2 Å². The second-order valence-electron chi connectivity index (χ2n) is 4.50. The first-order valence-corrected chi connectivity index (χ1v) is 8.13. The highest BCUT2D eigenvalue weighted by molar-refractivity contribution is 7.85. The number of hydrogen-bond donors (Lipinski definition) is 1. The lowest BCUT2D eigenvalue weighted by molar-refractivity contribution is 0.0693. The van der Waals surface area contributed by atoms with Gasteiger partial charge in [-0.3, -0.25) is 9.00 Å². The summed E-state index contributed by atoms with van der Waals surface area (Å²) in [6, 6.07) is 2.88. The number of aromatic carboxylic acids is 1. The van der Waals surface area contributed by atoms with E-state index in [9.17, 15) is 13.8 Å². The predicted molar refractivity (Wildman–Crippen MR) is 74.2 cm³/mol. The van der Waals surface area contributed by atoms with Gasteiger partial charge >= 0.3 is 5.97 Å². The molecular weight excluding hydrogens is 286 g/mol. The summed E-state index contributed by atoms with van der Waals surface area (Å²) >= 11 is 0.980. The van der Waals surface area contributed by atoms with Crippen molar-refractivity contribution in [3.8, 4) is 0 Å². The predicted octanol–water partition coefficient (Wildman–Crippen LogP) is 1.43. The molecule has 3 unspecified atom stereocenters. The van der Waals surface area contributed by atoms with Crippen LogP contribution in [0.4, 0.5) is 0 Å². The van der Waals surface area contributed by atoms with E-state index in [4.69, 9.17) is 5.11 Å². The fraction of sp³-hybridized carbons (Fsp3) is 0.500. The van der Waals surface area contributed by atoms with Crippen LogP contribution in [-0.4, -0.2) is 49.7 Å². The third-order valence-corrected chi connectivity index (χ3v) is 6.28. The first kappa shape index (κ1) is 14.2. The molecule has 104 valence electrons. The fourth-order valence-corrected chi connectivity index (χ4v) is 4.18. The van der Waals surface area contributed by atoms with Gasteiger partial charge in [-0.25, -0.2) is 4.79 Å². The Hall–Kier alpha value is -1.21. The van der Waals surface area contributed by atoms with Crippen molar-refractivity contribution in [2.75, 3.05) is 12.3 Å². The Morgan fingerprint density at radius 1 is 1.37 bits per heavy atom. The van der Waals surface area contributed by atoms with Gasteiger partial charge in [-0.2, -0.15) is 0 Å². The van der Waals surface area contributed by atoms with Crippen LogP contribution in [0.25, 0.3) is 0 Å². The van der Waals surface area contributed by atoms with E-state index in [0.717, 1.165) is 11.3 Å². The molecule has 7 heteroatoms. The Morgan fingerprint density at radius 2 is 2.00 bits per heavy atom. The largest absolute Gasteiger partial charge is 0.477 e. The highest BCUT2D eigenvalue weighted by atomic mass is 32.2. The second kappa shape index (κ2) is 5.42. The summed E-state index contributed by atoms with van der Waals surface area (Å²) in [7, 11) is -0.895. The number of carbonyl (C=O) groups is 2. The van der Waals surface area contributed by atoms with Crippen LogP contribution in [-0.2, 0) is 10.8 Å². The van der Waals surface area contributed by atoms with Crippen molar-refractivity contribution < 1.29 is 18.9 Å². The first-order chi connectivity index (χ1) is 8.91. The van der Waals surface area contributed by atoms with Gasteiger partial charge in [0.05, 0.1) is 10.1 Å². The average molecular weight is 301 g/mol. The van der Waals surface area contributed by atoms with E-state index in [2.05, 4.69) is 0 Å². The van der Waals surface area contributed by atoms with Gasteiger partial charge in [-0.15, -0.1) is 11.3 Å². The standard InChI is InChI=1S/C12H15NO4S2/c1-7-8(2)19(17)6-5-13(7)11(14)9-3-4-10(18-9)12(15)16/h3-4,7-8H,5-6H2,1-2H3,(H,15,16). The molecule has 1 amide bonds. The van der Waals surface area contributed by atoms with Gasteiger partial charge in [0.1, 0.15) is 4.88 Å². The molecule has 0 aliphatic carbocycles. The van der Waals surface area contributed by atoms with Gasteiger partial charge in [0.25, 0.3) is 5.91 Å². The summed E-state index contributed by atoms with van der Waals surface area (Å²) in [5.74, 6) is -0.715. The average Bonchev–Trinajstić information content (AvgIpc) is 2.85. The Morgan fingerprint density at radius 3 is 2.58 bits per heavy atom. The van der Waals surface area contributed by atoms with Crippen LogP contribution in [0, 0.1) is 0 Å². The lowest BCUT2D eigenvalue weighted by Gasteiger charge is -2.37. The summed E-state index contributed by atoms with van der Waals surface area (Å²) in [5, 5.41) is 8.81. The van der Waals surface area contributed by atoms with Gasteiger partial charge in [0, 0.05) is 29.1 Å². The lowest BCUT2D eigenvalue weighted by atomic mass is 10.2. The van der Waals surface area contributed by atoms with Crippen LogP contribution >= 0.6 is 11.3 Å². The quantitative estimate of drug-likeness (QED) is 0.896. The van der Waals surface area contributed by atoms with E-state index in [1.54, 1.807) is 11.0 Å². The molecule has 5 nitrogen and oxygen atoms in total. The molecule has 3 atom stereocenters. The lowest BCUT2D eigenvalue weighted by Crippen LogP contribution is -2.52.